The van der Waals surface area contributed by atoms with E-state index in [1.807, 2.05) is 58.0 Å². The molecule has 0 spiro atoms. The lowest BCUT2D eigenvalue weighted by Crippen LogP contribution is -2.32. The third-order valence-corrected chi connectivity index (χ3v) is 5.31. The first-order chi connectivity index (χ1) is 17.7. The van der Waals surface area contributed by atoms with E-state index in [1.54, 1.807) is 30.3 Å². The molecular weight excluding hydrogens is 472 g/mol. The summed E-state index contributed by atoms with van der Waals surface area (Å²) in [4.78, 5) is 36.5. The van der Waals surface area contributed by atoms with Crippen molar-refractivity contribution in [3.8, 4) is 11.5 Å². The molecule has 3 aromatic carbocycles. The molecule has 0 atom stereocenters. The summed E-state index contributed by atoms with van der Waals surface area (Å²) in [6.07, 6.45) is 1.37. The second kappa shape index (κ2) is 12.9. The van der Waals surface area contributed by atoms with Crippen molar-refractivity contribution in [3.63, 3.8) is 0 Å². The van der Waals surface area contributed by atoms with Crippen molar-refractivity contribution in [1.29, 1.82) is 0 Å². The van der Waals surface area contributed by atoms with Crippen LogP contribution in [0.1, 0.15) is 29.2 Å². The van der Waals surface area contributed by atoms with Gasteiger partial charge in [0.1, 0.15) is 0 Å². The second-order valence-corrected chi connectivity index (χ2v) is 8.29. The van der Waals surface area contributed by atoms with E-state index in [9.17, 15) is 14.4 Å². The van der Waals surface area contributed by atoms with Crippen LogP contribution in [0, 0.1) is 20.8 Å². The van der Waals surface area contributed by atoms with Crippen LogP contribution >= 0.6 is 0 Å². The number of hydrogen-bond donors (Lipinski definition) is 3. The molecule has 0 radical (unpaired) electrons. The van der Waals surface area contributed by atoms with Gasteiger partial charge in [0.25, 0.3) is 5.91 Å². The fraction of sp³-hybridized carbons (Fsp3) is 0.214. The van der Waals surface area contributed by atoms with Gasteiger partial charge in [-0.05, 0) is 86.8 Å². The van der Waals surface area contributed by atoms with Crippen molar-refractivity contribution in [1.82, 2.24) is 5.43 Å². The van der Waals surface area contributed by atoms with E-state index in [1.165, 1.54) is 6.21 Å². The van der Waals surface area contributed by atoms with Crippen LogP contribution in [0.25, 0.3) is 0 Å². The van der Waals surface area contributed by atoms with Gasteiger partial charge in [-0.15, -0.1) is 0 Å². The highest BCUT2D eigenvalue weighted by molar-refractivity contribution is 6.39. The van der Waals surface area contributed by atoms with E-state index in [-0.39, 0.29) is 12.5 Å². The molecule has 3 aromatic rings. The van der Waals surface area contributed by atoms with E-state index in [2.05, 4.69) is 21.2 Å². The first-order valence-corrected chi connectivity index (χ1v) is 11.7. The summed E-state index contributed by atoms with van der Waals surface area (Å²) in [6.45, 7) is 7.85. The Morgan fingerprint density at radius 3 is 2.22 bits per heavy atom. The minimum absolute atomic E-state index is 0.201. The number of aryl methyl sites for hydroxylation is 3. The van der Waals surface area contributed by atoms with Gasteiger partial charge in [-0.3, -0.25) is 14.4 Å². The molecule has 3 rings (SSSR count). The lowest BCUT2D eigenvalue weighted by molar-refractivity contribution is -0.136. The van der Waals surface area contributed by atoms with Crippen LogP contribution in [0.15, 0.2) is 65.8 Å². The van der Waals surface area contributed by atoms with E-state index in [0.29, 0.717) is 35.0 Å². The number of carbonyl (C=O) groups excluding carboxylic acids is 3. The minimum Gasteiger partial charge on any atom is -0.490 e. The van der Waals surface area contributed by atoms with Crippen molar-refractivity contribution in [2.75, 3.05) is 23.8 Å². The zero-order valence-electron chi connectivity index (χ0n) is 21.3. The van der Waals surface area contributed by atoms with Gasteiger partial charge in [-0.1, -0.05) is 23.8 Å². The number of carbonyl (C=O) groups is 3. The van der Waals surface area contributed by atoms with Gasteiger partial charge < -0.3 is 20.1 Å². The summed E-state index contributed by atoms with van der Waals surface area (Å²) in [7, 11) is 0. The van der Waals surface area contributed by atoms with Crippen molar-refractivity contribution >= 4 is 35.3 Å². The summed E-state index contributed by atoms with van der Waals surface area (Å²) in [5, 5.41) is 9.16. The molecule has 37 heavy (non-hydrogen) atoms. The zero-order chi connectivity index (χ0) is 26.8. The Balaban J connectivity index is 1.55. The monoisotopic (exact) mass is 502 g/mol. The van der Waals surface area contributed by atoms with Gasteiger partial charge in [-0.25, -0.2) is 5.43 Å². The Morgan fingerprint density at radius 2 is 1.51 bits per heavy atom. The summed E-state index contributed by atoms with van der Waals surface area (Å²) >= 11 is 0. The molecule has 0 aliphatic heterocycles. The fourth-order valence-corrected chi connectivity index (χ4v) is 3.19. The lowest BCUT2D eigenvalue weighted by Gasteiger charge is -2.12. The predicted molar refractivity (Wildman–Crippen MR) is 143 cm³/mol. The number of nitrogens with zero attached hydrogens (tertiary/aromatic N) is 1. The number of nitrogens with one attached hydrogen (secondary N) is 3. The van der Waals surface area contributed by atoms with Gasteiger partial charge in [0.15, 0.2) is 18.1 Å². The SMILES string of the molecule is CCOc1cc(/C=N\NC(=O)C(=O)Nc2ccc(C)c(C)c2)ccc1OCC(=O)Nc1ccc(C)cc1. The maximum Gasteiger partial charge on any atom is 0.329 e. The van der Waals surface area contributed by atoms with Crippen LogP contribution < -0.4 is 25.5 Å². The molecule has 3 amide bonds. The van der Waals surface area contributed by atoms with Crippen molar-refractivity contribution in [2.45, 2.75) is 27.7 Å². The number of ether oxygens (including phenoxy) is 2. The molecule has 0 bridgehead atoms. The van der Waals surface area contributed by atoms with Gasteiger partial charge in [0.2, 0.25) is 0 Å². The summed E-state index contributed by atoms with van der Waals surface area (Å²) in [5.74, 6) is -1.25. The van der Waals surface area contributed by atoms with Gasteiger partial charge >= 0.3 is 11.8 Å². The Labute approximate surface area is 215 Å². The number of rotatable bonds is 9. The number of anilines is 2. The highest BCUT2D eigenvalue weighted by Gasteiger charge is 2.13. The molecule has 9 heteroatoms. The first kappa shape index (κ1) is 26.9. The van der Waals surface area contributed by atoms with E-state index in [0.717, 1.165) is 16.7 Å². The standard InChI is InChI=1S/C28H30N4O5/c1-5-36-25-15-21(9-13-24(25)37-17-26(33)30-22-10-6-18(2)7-11-22)16-29-32-28(35)27(34)31-23-12-8-19(3)20(4)14-23/h6-16H,5,17H2,1-4H3,(H,30,33)(H,31,34)(H,32,35)/b29-16-. The van der Waals surface area contributed by atoms with E-state index in [4.69, 9.17) is 9.47 Å². The molecule has 9 nitrogen and oxygen atoms in total. The number of benzene rings is 3. The third kappa shape index (κ3) is 8.21. The normalized spacial score (nSPS) is 10.6. The average molecular weight is 503 g/mol. The van der Waals surface area contributed by atoms with Gasteiger partial charge in [-0.2, -0.15) is 5.10 Å². The zero-order valence-corrected chi connectivity index (χ0v) is 21.3. The van der Waals surface area contributed by atoms with Crippen molar-refractivity contribution in [3.05, 3.63) is 82.9 Å². The number of hydrogen-bond acceptors (Lipinski definition) is 6. The number of hydrazone groups is 1. The fourth-order valence-electron chi connectivity index (χ4n) is 3.19. The summed E-state index contributed by atoms with van der Waals surface area (Å²) in [6, 6.07) is 17.8. The third-order valence-electron chi connectivity index (χ3n) is 5.31. The minimum atomic E-state index is -0.904. The molecule has 0 aliphatic rings. The Kier molecular flexibility index (Phi) is 9.37. The Hall–Kier alpha value is -4.66. The average Bonchev–Trinajstić information content (AvgIpc) is 2.87. The van der Waals surface area contributed by atoms with E-state index >= 15 is 0 Å². The molecule has 0 saturated heterocycles. The quantitative estimate of drug-likeness (QED) is 0.231. The summed E-state index contributed by atoms with van der Waals surface area (Å²) < 4.78 is 11.3. The molecule has 0 heterocycles. The topological polar surface area (TPSA) is 118 Å². The van der Waals surface area contributed by atoms with Crippen molar-refractivity contribution < 1.29 is 23.9 Å². The van der Waals surface area contributed by atoms with Crippen LogP contribution in [0.5, 0.6) is 11.5 Å². The molecule has 192 valence electrons. The largest absolute Gasteiger partial charge is 0.490 e. The molecule has 0 saturated carbocycles. The predicted octanol–water partition coefficient (Wildman–Crippen LogP) is 4.12. The van der Waals surface area contributed by atoms with Crippen LogP contribution in [0.3, 0.4) is 0 Å². The first-order valence-electron chi connectivity index (χ1n) is 11.7. The second-order valence-electron chi connectivity index (χ2n) is 8.29. The maximum absolute atomic E-state index is 12.2. The molecular formula is C28H30N4O5. The highest BCUT2D eigenvalue weighted by Crippen LogP contribution is 2.28. The van der Waals surface area contributed by atoms with Crippen molar-refractivity contribution in [2.24, 2.45) is 5.10 Å². The number of amides is 3. The highest BCUT2D eigenvalue weighted by atomic mass is 16.5. The lowest BCUT2D eigenvalue weighted by atomic mass is 10.1. The molecule has 0 fully saturated rings. The van der Waals surface area contributed by atoms with Crippen LogP contribution in [-0.4, -0.2) is 37.1 Å². The van der Waals surface area contributed by atoms with Crippen LogP contribution in [0.2, 0.25) is 0 Å². The van der Waals surface area contributed by atoms with Crippen LogP contribution in [-0.2, 0) is 14.4 Å². The maximum atomic E-state index is 12.2. The van der Waals surface area contributed by atoms with Crippen LogP contribution in [0.4, 0.5) is 11.4 Å². The molecule has 0 aliphatic carbocycles. The summed E-state index contributed by atoms with van der Waals surface area (Å²) in [5.41, 5.74) is 7.18. The van der Waals surface area contributed by atoms with Gasteiger partial charge in [0, 0.05) is 11.4 Å². The van der Waals surface area contributed by atoms with E-state index < -0.39 is 11.8 Å². The van der Waals surface area contributed by atoms with Gasteiger partial charge in [0.05, 0.1) is 12.8 Å². The molecule has 0 unspecified atom stereocenters. The Bertz CT molecular complexity index is 1300. The smallest absolute Gasteiger partial charge is 0.329 e. The molecule has 3 N–H and O–H groups in total. The Morgan fingerprint density at radius 1 is 0.784 bits per heavy atom. The molecule has 0 aromatic heterocycles.